The van der Waals surface area contributed by atoms with Crippen LogP contribution in [0.5, 0.6) is 5.75 Å². The highest BCUT2D eigenvalue weighted by molar-refractivity contribution is 6.06. The summed E-state index contributed by atoms with van der Waals surface area (Å²) in [5.74, 6) is 0.912. The van der Waals surface area contributed by atoms with Crippen molar-refractivity contribution in [1.29, 1.82) is 0 Å². The van der Waals surface area contributed by atoms with Crippen LogP contribution in [0, 0.1) is 0 Å². The molecule has 2 heterocycles. The smallest absolute Gasteiger partial charge is 0.284 e. The lowest BCUT2D eigenvalue weighted by Gasteiger charge is -2.11. The Kier molecular flexibility index (Phi) is 6.74. The molecule has 4 rings (SSSR count). The van der Waals surface area contributed by atoms with Gasteiger partial charge in [0.2, 0.25) is 0 Å². The van der Waals surface area contributed by atoms with E-state index in [1.807, 2.05) is 25.2 Å². The first-order valence-corrected chi connectivity index (χ1v) is 9.34. The largest absolute Gasteiger partial charge is 0.497 e. The van der Waals surface area contributed by atoms with Crippen molar-refractivity contribution in [3.05, 3.63) is 71.5 Å². The van der Waals surface area contributed by atoms with E-state index in [4.69, 9.17) is 9.15 Å². The summed E-state index contributed by atoms with van der Waals surface area (Å²) in [5, 5.41) is 4.45. The zero-order valence-corrected chi connectivity index (χ0v) is 16.9. The Balaban J connectivity index is 0.000000187. The quantitative estimate of drug-likeness (QED) is 0.426. The van der Waals surface area contributed by atoms with Gasteiger partial charge in [0.15, 0.2) is 5.58 Å². The number of alkyl halides is 2. The van der Waals surface area contributed by atoms with Crippen LogP contribution in [-0.4, -0.2) is 25.4 Å². The van der Waals surface area contributed by atoms with Crippen molar-refractivity contribution < 1.29 is 22.7 Å². The highest BCUT2D eigenvalue weighted by Crippen LogP contribution is 2.33. The molecule has 0 aliphatic heterocycles. The maximum Gasteiger partial charge on any atom is 0.284 e. The first-order chi connectivity index (χ1) is 14.5. The summed E-state index contributed by atoms with van der Waals surface area (Å²) in [6.07, 6.45) is -0.689. The molecule has 7 heteroatoms. The molecule has 0 amide bonds. The van der Waals surface area contributed by atoms with Crippen LogP contribution < -0.4 is 10.1 Å². The van der Waals surface area contributed by atoms with E-state index in [0.29, 0.717) is 34.2 Å². The predicted molar refractivity (Wildman–Crippen MR) is 112 cm³/mol. The van der Waals surface area contributed by atoms with Crippen LogP contribution >= 0.6 is 0 Å². The molecule has 156 valence electrons. The standard InChI is InChI=1S/C13H7F2NO2.C10H15NO/c14-13(15)11-12-9(3-4-16-11)8-2-1-7(6-17)5-10(8)18-12;1-8(11-2)9-5-4-6-10(7-9)12-3/h1-6,13H;4-8,11H,1-3H3. The van der Waals surface area contributed by atoms with Gasteiger partial charge in [-0.25, -0.2) is 8.78 Å². The molecule has 4 aromatic rings. The van der Waals surface area contributed by atoms with E-state index in [2.05, 4.69) is 23.3 Å². The van der Waals surface area contributed by atoms with Crippen LogP contribution in [0.3, 0.4) is 0 Å². The van der Waals surface area contributed by atoms with E-state index in [1.165, 1.54) is 17.8 Å². The van der Waals surface area contributed by atoms with Crippen molar-refractivity contribution in [1.82, 2.24) is 10.3 Å². The number of aldehydes is 1. The minimum absolute atomic E-state index is 0.0746. The molecule has 1 unspecified atom stereocenters. The van der Waals surface area contributed by atoms with Gasteiger partial charge >= 0.3 is 0 Å². The summed E-state index contributed by atoms with van der Waals surface area (Å²) < 4.78 is 36.1. The Labute approximate surface area is 172 Å². The van der Waals surface area contributed by atoms with E-state index in [1.54, 1.807) is 25.3 Å². The third-order valence-electron chi connectivity index (χ3n) is 4.81. The molecule has 5 nitrogen and oxygen atoms in total. The fourth-order valence-electron chi connectivity index (χ4n) is 3.05. The second-order valence-corrected chi connectivity index (χ2v) is 6.64. The van der Waals surface area contributed by atoms with Crippen LogP contribution in [0.15, 0.2) is 59.1 Å². The molecule has 0 saturated heterocycles. The number of halogens is 2. The molecule has 0 fully saturated rings. The SMILES string of the molecule is CNC(C)c1cccc(OC)c1.O=Cc1ccc2c(c1)oc1c(C(F)F)nccc12. The second-order valence-electron chi connectivity index (χ2n) is 6.64. The monoisotopic (exact) mass is 412 g/mol. The third-order valence-corrected chi connectivity index (χ3v) is 4.81. The molecule has 0 aliphatic rings. The second kappa shape index (κ2) is 9.45. The summed E-state index contributed by atoms with van der Waals surface area (Å²) >= 11 is 0. The van der Waals surface area contributed by atoms with Crippen LogP contribution in [-0.2, 0) is 0 Å². The Bertz CT molecular complexity index is 1160. The van der Waals surface area contributed by atoms with Gasteiger partial charge in [0.05, 0.1) is 7.11 Å². The number of aromatic nitrogens is 1. The van der Waals surface area contributed by atoms with Gasteiger partial charge in [-0.15, -0.1) is 0 Å². The van der Waals surface area contributed by atoms with Gasteiger partial charge < -0.3 is 14.5 Å². The molecule has 0 spiro atoms. The highest BCUT2D eigenvalue weighted by atomic mass is 19.3. The van der Waals surface area contributed by atoms with Crippen LogP contribution in [0.1, 0.15) is 41.0 Å². The van der Waals surface area contributed by atoms with E-state index >= 15 is 0 Å². The summed E-state index contributed by atoms with van der Waals surface area (Å²) in [7, 11) is 3.63. The number of hydrogen-bond acceptors (Lipinski definition) is 5. The first-order valence-electron chi connectivity index (χ1n) is 9.34. The van der Waals surface area contributed by atoms with Crippen molar-refractivity contribution in [2.45, 2.75) is 19.4 Å². The van der Waals surface area contributed by atoms with Crippen molar-refractivity contribution in [2.24, 2.45) is 0 Å². The molecular weight excluding hydrogens is 390 g/mol. The highest BCUT2D eigenvalue weighted by Gasteiger charge is 2.18. The Morgan fingerprint density at radius 3 is 2.60 bits per heavy atom. The molecule has 0 saturated carbocycles. The molecular formula is C23H22F2N2O3. The first kappa shape index (κ1) is 21.4. The molecule has 0 aliphatic carbocycles. The summed E-state index contributed by atoms with van der Waals surface area (Å²) in [6.45, 7) is 2.12. The van der Waals surface area contributed by atoms with Crippen molar-refractivity contribution >= 4 is 28.2 Å². The number of hydrogen-bond donors (Lipinski definition) is 1. The van der Waals surface area contributed by atoms with Crippen LogP contribution in [0.4, 0.5) is 8.78 Å². The lowest BCUT2D eigenvalue weighted by atomic mass is 10.1. The Morgan fingerprint density at radius 2 is 1.93 bits per heavy atom. The topological polar surface area (TPSA) is 64.4 Å². The Morgan fingerprint density at radius 1 is 1.13 bits per heavy atom. The summed E-state index contributed by atoms with van der Waals surface area (Å²) in [5.41, 5.74) is 1.79. The minimum Gasteiger partial charge on any atom is -0.497 e. The van der Waals surface area contributed by atoms with Crippen LogP contribution in [0.25, 0.3) is 21.9 Å². The molecule has 0 bridgehead atoms. The Hall–Kier alpha value is -3.32. The summed E-state index contributed by atoms with van der Waals surface area (Å²) in [6, 6.07) is 14.9. The normalized spacial score (nSPS) is 11.9. The number of benzene rings is 2. The van der Waals surface area contributed by atoms with Gasteiger partial charge in [-0.2, -0.15) is 0 Å². The average Bonchev–Trinajstić information content (AvgIpc) is 3.16. The minimum atomic E-state index is -2.69. The number of pyridine rings is 1. The van der Waals surface area contributed by atoms with E-state index < -0.39 is 6.43 Å². The molecule has 30 heavy (non-hydrogen) atoms. The number of furan rings is 1. The predicted octanol–water partition coefficient (Wildman–Crippen LogP) is 5.71. The van der Waals surface area contributed by atoms with Gasteiger partial charge in [-0.3, -0.25) is 9.78 Å². The third kappa shape index (κ3) is 4.46. The number of carbonyl (C=O) groups is 1. The van der Waals surface area contributed by atoms with Crippen molar-refractivity contribution in [3.8, 4) is 5.75 Å². The number of rotatable bonds is 5. The van der Waals surface area contributed by atoms with E-state index in [0.717, 1.165) is 5.75 Å². The molecule has 1 N–H and O–H groups in total. The maximum atomic E-state index is 12.8. The van der Waals surface area contributed by atoms with Crippen molar-refractivity contribution in [2.75, 3.05) is 14.2 Å². The number of methoxy groups -OCH3 is 1. The number of nitrogens with one attached hydrogen (secondary N) is 1. The van der Waals surface area contributed by atoms with Gasteiger partial charge in [0.1, 0.15) is 23.3 Å². The van der Waals surface area contributed by atoms with Crippen molar-refractivity contribution in [3.63, 3.8) is 0 Å². The fourth-order valence-corrected chi connectivity index (χ4v) is 3.05. The lowest BCUT2D eigenvalue weighted by Crippen LogP contribution is -2.11. The van der Waals surface area contributed by atoms with Crippen LogP contribution in [0.2, 0.25) is 0 Å². The zero-order chi connectivity index (χ0) is 21.7. The zero-order valence-electron chi connectivity index (χ0n) is 16.9. The number of ether oxygens (including phenoxy) is 1. The van der Waals surface area contributed by atoms with Gasteiger partial charge in [-0.05, 0) is 49.9 Å². The number of nitrogens with zero attached hydrogens (tertiary/aromatic N) is 1. The summed E-state index contributed by atoms with van der Waals surface area (Å²) in [4.78, 5) is 14.3. The maximum absolute atomic E-state index is 12.8. The van der Waals surface area contributed by atoms with Gasteiger partial charge in [0.25, 0.3) is 6.43 Å². The van der Waals surface area contributed by atoms with Gasteiger partial charge in [-0.1, -0.05) is 18.2 Å². The van der Waals surface area contributed by atoms with E-state index in [-0.39, 0.29) is 11.3 Å². The molecule has 2 aromatic heterocycles. The van der Waals surface area contributed by atoms with E-state index in [9.17, 15) is 13.6 Å². The fraction of sp³-hybridized carbons (Fsp3) is 0.217. The average molecular weight is 412 g/mol. The number of fused-ring (bicyclic) bond motifs is 3. The van der Waals surface area contributed by atoms with Gasteiger partial charge in [0, 0.05) is 28.6 Å². The molecule has 1 atom stereocenters. The molecule has 2 aromatic carbocycles. The lowest BCUT2D eigenvalue weighted by molar-refractivity contribution is 0.112. The number of carbonyl (C=O) groups excluding carboxylic acids is 1. The molecule has 0 radical (unpaired) electrons.